The first-order chi connectivity index (χ1) is 15.2. The van der Waals surface area contributed by atoms with Crippen molar-refractivity contribution in [2.24, 2.45) is 0 Å². The van der Waals surface area contributed by atoms with Crippen molar-refractivity contribution in [1.29, 1.82) is 0 Å². The number of hydrogen-bond acceptors (Lipinski definition) is 7. The number of nitrogens with zero attached hydrogens (tertiary/aromatic N) is 5. The molecule has 3 heterocycles. The van der Waals surface area contributed by atoms with Gasteiger partial charge in [-0.15, -0.1) is 0 Å². The summed E-state index contributed by atoms with van der Waals surface area (Å²) in [5.41, 5.74) is 1.60. The fourth-order valence-electron chi connectivity index (χ4n) is 3.91. The molecule has 3 aromatic rings. The van der Waals surface area contributed by atoms with Crippen molar-refractivity contribution in [2.75, 3.05) is 32.2 Å². The number of hydrogen-bond donors (Lipinski definition) is 1. The summed E-state index contributed by atoms with van der Waals surface area (Å²) < 4.78 is 12.2. The van der Waals surface area contributed by atoms with Crippen LogP contribution in [-0.2, 0) is 17.9 Å². The van der Waals surface area contributed by atoms with Crippen LogP contribution in [0.25, 0.3) is 11.0 Å². The van der Waals surface area contributed by atoms with Crippen molar-refractivity contribution in [1.82, 2.24) is 25.1 Å². The smallest absolute Gasteiger partial charge is 0.242 e. The van der Waals surface area contributed by atoms with Crippen LogP contribution in [0.3, 0.4) is 0 Å². The predicted molar refractivity (Wildman–Crippen MR) is 117 cm³/mol. The Morgan fingerprint density at radius 1 is 1.06 bits per heavy atom. The molecule has 0 spiro atoms. The van der Waals surface area contributed by atoms with Crippen molar-refractivity contribution in [2.45, 2.75) is 38.8 Å². The minimum Gasteiger partial charge on any atom is -0.493 e. The van der Waals surface area contributed by atoms with E-state index < -0.39 is 0 Å². The fourth-order valence-corrected chi connectivity index (χ4v) is 3.91. The molecule has 0 atom stereocenters. The van der Waals surface area contributed by atoms with Gasteiger partial charge in [0.25, 0.3) is 0 Å². The maximum Gasteiger partial charge on any atom is 0.242 e. The van der Waals surface area contributed by atoms with Crippen LogP contribution < -0.4 is 19.7 Å². The summed E-state index contributed by atoms with van der Waals surface area (Å²) in [6.45, 7) is 2.45. The summed E-state index contributed by atoms with van der Waals surface area (Å²) in [5.74, 6) is 2.05. The van der Waals surface area contributed by atoms with Crippen LogP contribution in [0.15, 0.2) is 30.7 Å². The highest BCUT2D eigenvalue weighted by atomic mass is 16.5. The molecule has 0 saturated carbocycles. The van der Waals surface area contributed by atoms with E-state index in [0.717, 1.165) is 42.7 Å². The van der Waals surface area contributed by atoms with E-state index in [-0.39, 0.29) is 12.5 Å². The molecular formula is C22H28N6O3. The molecule has 1 aromatic carbocycles. The van der Waals surface area contributed by atoms with Gasteiger partial charge in [-0.3, -0.25) is 4.79 Å². The molecule has 0 aliphatic carbocycles. The van der Waals surface area contributed by atoms with Crippen molar-refractivity contribution in [3.63, 3.8) is 0 Å². The lowest BCUT2D eigenvalue weighted by atomic mass is 10.2. The van der Waals surface area contributed by atoms with Crippen LogP contribution in [0.1, 0.15) is 31.2 Å². The van der Waals surface area contributed by atoms with Gasteiger partial charge >= 0.3 is 0 Å². The fraction of sp³-hybridized carbons (Fsp3) is 0.455. The molecule has 0 radical (unpaired) electrons. The Kier molecular flexibility index (Phi) is 6.49. The van der Waals surface area contributed by atoms with Gasteiger partial charge in [0.15, 0.2) is 17.1 Å². The topological polar surface area (TPSA) is 94.4 Å². The highest BCUT2D eigenvalue weighted by molar-refractivity contribution is 5.87. The minimum absolute atomic E-state index is 0.0905. The first kappa shape index (κ1) is 20.9. The Balaban J connectivity index is 1.44. The van der Waals surface area contributed by atoms with E-state index in [0.29, 0.717) is 23.7 Å². The molecule has 0 bridgehead atoms. The van der Waals surface area contributed by atoms with Gasteiger partial charge in [0.1, 0.15) is 18.7 Å². The Hall–Kier alpha value is -3.36. The summed E-state index contributed by atoms with van der Waals surface area (Å²) in [5, 5.41) is 8.22. The second-order valence-electron chi connectivity index (χ2n) is 7.60. The molecule has 1 fully saturated rings. The second-order valence-corrected chi connectivity index (χ2v) is 7.60. The molecular weight excluding hydrogens is 396 g/mol. The number of amides is 1. The van der Waals surface area contributed by atoms with E-state index in [4.69, 9.17) is 9.47 Å². The number of carbonyl (C=O) groups excluding carboxylic acids is 1. The second kappa shape index (κ2) is 9.63. The molecule has 164 valence electrons. The van der Waals surface area contributed by atoms with Gasteiger partial charge in [-0.25, -0.2) is 14.6 Å². The SMILES string of the molecule is COc1ccc(CNC(=O)Cn2ncc3c(N4CCCCCC4)ncnc32)cc1OC. The average molecular weight is 425 g/mol. The predicted octanol–water partition coefficient (Wildman–Crippen LogP) is 2.54. The van der Waals surface area contributed by atoms with Crippen molar-refractivity contribution in [3.05, 3.63) is 36.3 Å². The molecule has 31 heavy (non-hydrogen) atoms. The summed E-state index contributed by atoms with van der Waals surface area (Å²) >= 11 is 0. The summed E-state index contributed by atoms with van der Waals surface area (Å²) in [6, 6.07) is 5.57. The Bertz CT molecular complexity index is 1040. The molecule has 4 rings (SSSR count). The van der Waals surface area contributed by atoms with Crippen molar-refractivity contribution in [3.8, 4) is 11.5 Å². The lowest BCUT2D eigenvalue weighted by Gasteiger charge is -2.21. The first-order valence-corrected chi connectivity index (χ1v) is 10.6. The van der Waals surface area contributed by atoms with E-state index in [9.17, 15) is 4.79 Å². The number of aromatic nitrogens is 4. The van der Waals surface area contributed by atoms with Crippen LogP contribution in [0.4, 0.5) is 5.82 Å². The molecule has 1 saturated heterocycles. The van der Waals surface area contributed by atoms with Crippen molar-refractivity contribution >= 4 is 22.8 Å². The largest absolute Gasteiger partial charge is 0.493 e. The van der Waals surface area contributed by atoms with Gasteiger partial charge in [0, 0.05) is 19.6 Å². The first-order valence-electron chi connectivity index (χ1n) is 10.6. The van der Waals surface area contributed by atoms with Crippen LogP contribution in [-0.4, -0.2) is 53.0 Å². The lowest BCUT2D eigenvalue weighted by molar-refractivity contribution is -0.121. The maximum atomic E-state index is 12.6. The molecule has 1 aliphatic rings. The minimum atomic E-state index is -0.144. The molecule has 2 aromatic heterocycles. The molecule has 9 nitrogen and oxygen atoms in total. The summed E-state index contributed by atoms with van der Waals surface area (Å²) in [4.78, 5) is 23.8. The van der Waals surface area contributed by atoms with Gasteiger partial charge in [-0.1, -0.05) is 18.9 Å². The van der Waals surface area contributed by atoms with E-state index in [1.54, 1.807) is 31.4 Å². The number of methoxy groups -OCH3 is 2. The van der Waals surface area contributed by atoms with Crippen molar-refractivity contribution < 1.29 is 14.3 Å². The quantitative estimate of drug-likeness (QED) is 0.623. The van der Waals surface area contributed by atoms with Gasteiger partial charge in [-0.2, -0.15) is 5.10 Å². The zero-order valence-corrected chi connectivity index (χ0v) is 18.0. The van der Waals surface area contributed by atoms with Gasteiger partial charge in [0.2, 0.25) is 5.91 Å². The monoisotopic (exact) mass is 424 g/mol. The molecule has 9 heteroatoms. The zero-order valence-electron chi connectivity index (χ0n) is 18.0. The standard InChI is InChI=1S/C22H28N6O3/c1-30-18-8-7-16(11-19(18)31-2)12-23-20(29)14-28-22-17(13-26-28)21(24-15-25-22)27-9-5-3-4-6-10-27/h7-8,11,13,15H,3-6,9-10,12,14H2,1-2H3,(H,23,29). The average Bonchev–Trinajstić information content (AvgIpc) is 3.02. The molecule has 1 amide bonds. The number of benzene rings is 1. The highest BCUT2D eigenvalue weighted by Gasteiger charge is 2.18. The lowest BCUT2D eigenvalue weighted by Crippen LogP contribution is -2.27. The normalized spacial score (nSPS) is 14.3. The van der Waals surface area contributed by atoms with Crippen LogP contribution in [0.5, 0.6) is 11.5 Å². The van der Waals surface area contributed by atoms with Crippen LogP contribution in [0.2, 0.25) is 0 Å². The zero-order chi connectivity index (χ0) is 21.6. The van der Waals surface area contributed by atoms with Gasteiger partial charge in [0.05, 0.1) is 25.8 Å². The molecule has 0 unspecified atom stereocenters. The summed E-state index contributed by atoms with van der Waals surface area (Å²) in [7, 11) is 3.18. The number of fused-ring (bicyclic) bond motifs is 1. The van der Waals surface area contributed by atoms with Crippen LogP contribution >= 0.6 is 0 Å². The number of ether oxygens (including phenoxy) is 2. The Morgan fingerprint density at radius 3 is 2.58 bits per heavy atom. The van der Waals surface area contributed by atoms with Crippen LogP contribution in [0, 0.1) is 0 Å². The number of rotatable bonds is 7. The number of nitrogens with one attached hydrogen (secondary N) is 1. The van der Waals surface area contributed by atoms with E-state index in [1.807, 2.05) is 18.2 Å². The van der Waals surface area contributed by atoms with E-state index in [2.05, 4.69) is 25.3 Å². The molecule has 1 N–H and O–H groups in total. The van der Waals surface area contributed by atoms with E-state index >= 15 is 0 Å². The highest BCUT2D eigenvalue weighted by Crippen LogP contribution is 2.27. The van der Waals surface area contributed by atoms with Gasteiger partial charge < -0.3 is 19.7 Å². The Labute approximate surface area is 181 Å². The van der Waals surface area contributed by atoms with E-state index in [1.165, 1.54) is 12.8 Å². The Morgan fingerprint density at radius 2 is 1.84 bits per heavy atom. The third kappa shape index (κ3) is 4.70. The van der Waals surface area contributed by atoms with Gasteiger partial charge in [-0.05, 0) is 30.5 Å². The number of carbonyl (C=O) groups is 1. The third-order valence-corrected chi connectivity index (χ3v) is 5.55. The molecule has 1 aliphatic heterocycles. The summed E-state index contributed by atoms with van der Waals surface area (Å²) in [6.07, 6.45) is 8.16. The third-order valence-electron chi connectivity index (χ3n) is 5.55. The number of anilines is 1. The maximum absolute atomic E-state index is 12.6.